The summed E-state index contributed by atoms with van der Waals surface area (Å²) in [6.07, 6.45) is 2.03. The number of aromatic hydroxyl groups is 1. The van der Waals surface area contributed by atoms with Crippen LogP contribution in [0.25, 0.3) is 22.1 Å². The maximum absolute atomic E-state index is 13.1. The summed E-state index contributed by atoms with van der Waals surface area (Å²) in [5.41, 5.74) is 2.19. The van der Waals surface area contributed by atoms with E-state index in [9.17, 15) is 14.7 Å². The highest BCUT2D eigenvalue weighted by molar-refractivity contribution is 5.83. The molecule has 0 saturated heterocycles. The molecule has 4 aromatic rings. The van der Waals surface area contributed by atoms with Crippen molar-refractivity contribution in [2.45, 2.75) is 6.42 Å². The average molecular weight is 475 g/mol. The van der Waals surface area contributed by atoms with Gasteiger partial charge in [0.15, 0.2) is 23.5 Å². The molecule has 1 heterocycles. The molecule has 2 N–H and O–H groups in total. The first-order valence-corrected chi connectivity index (χ1v) is 10.9. The number of carbonyl (C=O) groups is 1. The topological polar surface area (TPSA) is 107 Å². The zero-order valence-corrected chi connectivity index (χ0v) is 19.4. The van der Waals surface area contributed by atoms with Crippen molar-refractivity contribution in [2.75, 3.05) is 27.4 Å². The van der Waals surface area contributed by atoms with Gasteiger partial charge in [0.1, 0.15) is 23.3 Å². The van der Waals surface area contributed by atoms with Gasteiger partial charge in [0.25, 0.3) is 5.91 Å². The molecule has 0 spiro atoms. The van der Waals surface area contributed by atoms with Crippen LogP contribution in [0.4, 0.5) is 0 Å². The van der Waals surface area contributed by atoms with Crippen molar-refractivity contribution >= 4 is 16.9 Å². The van der Waals surface area contributed by atoms with E-state index in [1.54, 1.807) is 67.8 Å². The Morgan fingerprint density at radius 3 is 2.49 bits per heavy atom. The number of hydrogen-bond donors (Lipinski definition) is 2. The number of fused-ring (bicyclic) bond motifs is 1. The van der Waals surface area contributed by atoms with Crippen LogP contribution in [-0.4, -0.2) is 38.4 Å². The predicted octanol–water partition coefficient (Wildman–Crippen LogP) is 3.92. The minimum Gasteiger partial charge on any atom is -0.508 e. The first-order chi connectivity index (χ1) is 17.0. The monoisotopic (exact) mass is 475 g/mol. The van der Waals surface area contributed by atoms with E-state index in [0.717, 1.165) is 5.56 Å². The lowest BCUT2D eigenvalue weighted by molar-refractivity contribution is -0.123. The lowest BCUT2D eigenvalue weighted by atomic mass is 10.0. The van der Waals surface area contributed by atoms with Crippen LogP contribution in [0, 0.1) is 0 Å². The van der Waals surface area contributed by atoms with E-state index < -0.39 is 0 Å². The Morgan fingerprint density at radius 2 is 1.74 bits per heavy atom. The number of rotatable bonds is 9. The lowest BCUT2D eigenvalue weighted by Crippen LogP contribution is -2.30. The fraction of sp³-hybridized carbons (Fsp3) is 0.185. The van der Waals surface area contributed by atoms with E-state index >= 15 is 0 Å². The summed E-state index contributed by atoms with van der Waals surface area (Å²) in [5.74, 6) is 1.42. The molecule has 1 aromatic heterocycles. The Bertz CT molecular complexity index is 1390. The van der Waals surface area contributed by atoms with Gasteiger partial charge in [-0.25, -0.2) is 0 Å². The highest BCUT2D eigenvalue weighted by atomic mass is 16.5. The second kappa shape index (κ2) is 10.6. The summed E-state index contributed by atoms with van der Waals surface area (Å²) in [6, 6.07) is 16.8. The molecule has 1 amide bonds. The van der Waals surface area contributed by atoms with Crippen LogP contribution in [0.5, 0.6) is 23.0 Å². The molecule has 8 heteroatoms. The smallest absolute Gasteiger partial charge is 0.257 e. The van der Waals surface area contributed by atoms with Gasteiger partial charge >= 0.3 is 0 Å². The van der Waals surface area contributed by atoms with Crippen LogP contribution in [0.3, 0.4) is 0 Å². The van der Waals surface area contributed by atoms with Crippen molar-refractivity contribution in [1.29, 1.82) is 0 Å². The number of carbonyl (C=O) groups excluding carboxylic acids is 1. The van der Waals surface area contributed by atoms with E-state index in [4.69, 9.17) is 18.6 Å². The van der Waals surface area contributed by atoms with Crippen LogP contribution in [0.1, 0.15) is 5.56 Å². The standard InChI is InChI=1S/C27H25NO7/c1-32-23-10-5-18(13-25(23)33-2)22-15-35-24-14-20(8-9-21(24)27(22)31)34-16-26(30)28-12-11-17-3-6-19(29)7-4-17/h3-10,13-15,29H,11-12,16H2,1-2H3,(H,28,30). The molecule has 0 saturated carbocycles. The molecular weight excluding hydrogens is 450 g/mol. The zero-order valence-electron chi connectivity index (χ0n) is 19.4. The highest BCUT2D eigenvalue weighted by Crippen LogP contribution is 2.32. The quantitative estimate of drug-likeness (QED) is 0.378. The SMILES string of the molecule is COc1ccc(-c2coc3cc(OCC(=O)NCCc4ccc(O)cc4)ccc3c2=O)cc1OC. The molecule has 35 heavy (non-hydrogen) atoms. The molecule has 8 nitrogen and oxygen atoms in total. The molecule has 0 bridgehead atoms. The molecule has 4 rings (SSSR count). The van der Waals surface area contributed by atoms with Gasteiger partial charge in [0.05, 0.1) is 25.2 Å². The van der Waals surface area contributed by atoms with Gasteiger partial charge in [-0.05, 0) is 53.9 Å². The normalized spacial score (nSPS) is 10.7. The van der Waals surface area contributed by atoms with Gasteiger partial charge in [-0.3, -0.25) is 9.59 Å². The summed E-state index contributed by atoms with van der Waals surface area (Å²) in [5, 5.41) is 12.5. The van der Waals surface area contributed by atoms with Crippen LogP contribution < -0.4 is 25.0 Å². The van der Waals surface area contributed by atoms with Crippen molar-refractivity contribution in [2.24, 2.45) is 0 Å². The number of hydrogen-bond acceptors (Lipinski definition) is 7. The van der Waals surface area contributed by atoms with E-state index in [1.807, 2.05) is 0 Å². The van der Waals surface area contributed by atoms with E-state index in [1.165, 1.54) is 13.4 Å². The summed E-state index contributed by atoms with van der Waals surface area (Å²) in [7, 11) is 3.07. The zero-order chi connectivity index (χ0) is 24.8. The minimum absolute atomic E-state index is 0.172. The van der Waals surface area contributed by atoms with E-state index in [2.05, 4.69) is 5.32 Å². The summed E-state index contributed by atoms with van der Waals surface area (Å²) < 4.78 is 21.8. The Kier molecular flexibility index (Phi) is 7.21. The number of phenolic OH excluding ortho intramolecular Hbond substituents is 1. The van der Waals surface area contributed by atoms with Gasteiger partial charge in [-0.15, -0.1) is 0 Å². The molecular formula is C27H25NO7. The van der Waals surface area contributed by atoms with Crippen molar-refractivity contribution in [3.63, 3.8) is 0 Å². The first kappa shape index (κ1) is 23.7. The van der Waals surface area contributed by atoms with Crippen LogP contribution >= 0.6 is 0 Å². The summed E-state index contributed by atoms with van der Waals surface area (Å²) in [4.78, 5) is 25.2. The van der Waals surface area contributed by atoms with Gasteiger partial charge in [-0.2, -0.15) is 0 Å². The second-order valence-electron chi connectivity index (χ2n) is 7.76. The predicted molar refractivity (Wildman–Crippen MR) is 131 cm³/mol. The van der Waals surface area contributed by atoms with Crippen molar-refractivity contribution in [1.82, 2.24) is 5.32 Å². The third kappa shape index (κ3) is 5.55. The molecule has 0 atom stereocenters. The second-order valence-corrected chi connectivity index (χ2v) is 7.76. The number of phenols is 1. The lowest BCUT2D eigenvalue weighted by Gasteiger charge is -2.10. The summed E-state index contributed by atoms with van der Waals surface area (Å²) in [6.45, 7) is 0.271. The molecule has 0 aliphatic carbocycles. The molecule has 0 radical (unpaired) electrons. The van der Waals surface area contributed by atoms with Crippen molar-refractivity contribution in [3.05, 3.63) is 82.7 Å². The fourth-order valence-electron chi connectivity index (χ4n) is 3.61. The Morgan fingerprint density at radius 1 is 0.971 bits per heavy atom. The van der Waals surface area contributed by atoms with E-state index in [0.29, 0.717) is 52.3 Å². The number of methoxy groups -OCH3 is 2. The molecule has 0 aliphatic heterocycles. The molecule has 0 aliphatic rings. The maximum atomic E-state index is 13.1. The van der Waals surface area contributed by atoms with Gasteiger partial charge < -0.3 is 29.1 Å². The minimum atomic E-state index is -0.269. The van der Waals surface area contributed by atoms with Crippen molar-refractivity contribution < 1.29 is 28.5 Å². The number of ether oxygens (including phenoxy) is 3. The molecule has 3 aromatic carbocycles. The number of benzene rings is 3. The van der Waals surface area contributed by atoms with Crippen molar-refractivity contribution in [3.8, 4) is 34.1 Å². The van der Waals surface area contributed by atoms with Crippen LogP contribution in [0.15, 0.2) is 76.1 Å². The molecule has 0 unspecified atom stereocenters. The fourth-order valence-corrected chi connectivity index (χ4v) is 3.61. The Labute approximate surface area is 201 Å². The van der Waals surface area contributed by atoms with Gasteiger partial charge in [-0.1, -0.05) is 18.2 Å². The third-order valence-electron chi connectivity index (χ3n) is 5.48. The van der Waals surface area contributed by atoms with Crippen LogP contribution in [0.2, 0.25) is 0 Å². The van der Waals surface area contributed by atoms with Crippen LogP contribution in [-0.2, 0) is 11.2 Å². The molecule has 180 valence electrons. The average Bonchev–Trinajstić information content (AvgIpc) is 2.88. The summed E-state index contributed by atoms with van der Waals surface area (Å²) >= 11 is 0. The van der Waals surface area contributed by atoms with Gasteiger partial charge in [0, 0.05) is 12.6 Å². The largest absolute Gasteiger partial charge is 0.508 e. The Balaban J connectivity index is 1.40. The van der Waals surface area contributed by atoms with Gasteiger partial charge in [0.2, 0.25) is 0 Å². The third-order valence-corrected chi connectivity index (χ3v) is 5.48. The Hall–Kier alpha value is -4.46. The van der Waals surface area contributed by atoms with E-state index in [-0.39, 0.29) is 23.7 Å². The maximum Gasteiger partial charge on any atom is 0.257 e. The number of nitrogens with one attached hydrogen (secondary N) is 1. The molecule has 0 fully saturated rings. The first-order valence-electron chi connectivity index (χ1n) is 10.9. The highest BCUT2D eigenvalue weighted by Gasteiger charge is 2.13. The number of amides is 1.